The predicted octanol–water partition coefficient (Wildman–Crippen LogP) is -2.40. The monoisotopic (exact) mass is 134 g/mol. The highest BCUT2D eigenvalue weighted by Gasteiger charge is 2.16. The van der Waals surface area contributed by atoms with Gasteiger partial charge in [0, 0.05) is 6.54 Å². The van der Waals surface area contributed by atoms with Crippen molar-refractivity contribution in [2.75, 3.05) is 6.54 Å². The van der Waals surface area contributed by atoms with E-state index in [1.165, 1.54) is 0 Å². The Balaban J connectivity index is 2.07. The van der Waals surface area contributed by atoms with Crippen LogP contribution in [0.1, 0.15) is 0 Å². The van der Waals surface area contributed by atoms with Crippen LogP contribution in [-0.4, -0.2) is 28.8 Å². The van der Waals surface area contributed by atoms with E-state index in [2.05, 4.69) is 27.2 Å². The number of rotatable bonds is 3. The Bertz CT molecular complexity index is 104. The van der Waals surface area contributed by atoms with E-state index in [1.54, 1.807) is 15.1 Å². The first kappa shape index (κ1) is 7.88. The maximum atomic E-state index is 3.59. The van der Waals surface area contributed by atoms with Crippen molar-refractivity contribution >= 4 is 22.2 Å². The van der Waals surface area contributed by atoms with Crippen LogP contribution in [0.3, 0.4) is 0 Å². The third-order valence-corrected chi connectivity index (χ3v) is 1.13. The molecule has 0 aliphatic carbocycles. The van der Waals surface area contributed by atoms with Crippen molar-refractivity contribution in [1.82, 2.24) is 20.6 Å². The smallest absolute Gasteiger partial charge is 0.373 e. The topological polar surface area (TPSA) is 48.1 Å². The molecule has 0 unspecified atom stereocenters. The second kappa shape index (κ2) is 4.57. The van der Waals surface area contributed by atoms with Gasteiger partial charge in [0.25, 0.3) is 15.1 Å². The molecule has 1 aliphatic heterocycles. The molecular formula is C3H9B3N4. The SMILES string of the molecule is C=CCNB1N[B]N[B]N1. The van der Waals surface area contributed by atoms with Crippen LogP contribution >= 0.6 is 0 Å². The standard InChI is InChI=1S/C3H9B3N4/c1-2-3-7-6-9-4-8-5-10-6/h2,7-10H,1,3H2. The van der Waals surface area contributed by atoms with Crippen LogP contribution in [0.2, 0.25) is 0 Å². The Kier molecular flexibility index (Phi) is 3.60. The zero-order chi connectivity index (χ0) is 7.23. The van der Waals surface area contributed by atoms with Crippen LogP contribution in [-0.2, 0) is 0 Å². The quantitative estimate of drug-likeness (QED) is 0.256. The van der Waals surface area contributed by atoms with Gasteiger partial charge in [0.1, 0.15) is 0 Å². The molecule has 0 spiro atoms. The first-order valence-electron chi connectivity index (χ1n) is 3.19. The zero-order valence-electron chi connectivity index (χ0n) is 5.72. The molecule has 4 N–H and O–H groups in total. The Hall–Kier alpha value is -0.225. The fourth-order valence-electron chi connectivity index (χ4n) is 0.672. The maximum Gasteiger partial charge on any atom is 0.373 e. The van der Waals surface area contributed by atoms with Crippen molar-refractivity contribution in [2.45, 2.75) is 0 Å². The van der Waals surface area contributed by atoms with Gasteiger partial charge in [0.2, 0.25) is 0 Å². The second-order valence-corrected chi connectivity index (χ2v) is 1.92. The van der Waals surface area contributed by atoms with Crippen LogP contribution in [0, 0.1) is 0 Å². The summed E-state index contributed by atoms with van der Waals surface area (Å²) in [5.74, 6) is 0. The van der Waals surface area contributed by atoms with E-state index >= 15 is 0 Å². The first-order chi connectivity index (χ1) is 4.93. The molecule has 0 aromatic carbocycles. The van der Waals surface area contributed by atoms with Crippen LogP contribution in [0.15, 0.2) is 12.7 Å². The average Bonchev–Trinajstić information content (AvgIpc) is 2.03. The zero-order valence-corrected chi connectivity index (χ0v) is 5.72. The van der Waals surface area contributed by atoms with E-state index in [-0.39, 0.29) is 7.12 Å². The molecule has 0 bridgehead atoms. The summed E-state index contributed by atoms with van der Waals surface area (Å²) in [5.41, 5.74) is 0. The number of hydrogen-bond donors (Lipinski definition) is 4. The van der Waals surface area contributed by atoms with Crippen LogP contribution < -0.4 is 20.6 Å². The lowest BCUT2D eigenvalue weighted by atomic mass is 9.76. The molecule has 0 amide bonds. The van der Waals surface area contributed by atoms with Crippen molar-refractivity contribution in [3.05, 3.63) is 12.7 Å². The van der Waals surface area contributed by atoms with Gasteiger partial charge >= 0.3 is 7.12 Å². The molecule has 0 atom stereocenters. The van der Waals surface area contributed by atoms with Crippen molar-refractivity contribution in [2.24, 2.45) is 0 Å². The molecule has 0 aromatic rings. The molecule has 0 saturated carbocycles. The molecule has 1 aliphatic rings. The van der Waals surface area contributed by atoms with E-state index in [0.29, 0.717) is 0 Å². The number of hydrogen-bond acceptors (Lipinski definition) is 4. The second-order valence-electron chi connectivity index (χ2n) is 1.92. The Labute approximate surface area is 62.9 Å². The highest BCUT2D eigenvalue weighted by Crippen LogP contribution is 1.66. The number of nitrogens with one attached hydrogen (secondary N) is 4. The van der Waals surface area contributed by atoms with Gasteiger partial charge in [-0.25, -0.2) is 0 Å². The van der Waals surface area contributed by atoms with Gasteiger partial charge in [-0.3, -0.25) is 0 Å². The summed E-state index contributed by atoms with van der Waals surface area (Å²) in [6.07, 6.45) is 1.81. The summed E-state index contributed by atoms with van der Waals surface area (Å²) >= 11 is 0. The molecular weight excluding hydrogens is 124 g/mol. The van der Waals surface area contributed by atoms with Crippen LogP contribution in [0.5, 0.6) is 0 Å². The molecule has 2 radical (unpaired) electrons. The summed E-state index contributed by atoms with van der Waals surface area (Å²) in [4.78, 5) is 0. The maximum absolute atomic E-state index is 3.59. The third kappa shape index (κ3) is 2.57. The van der Waals surface area contributed by atoms with Crippen LogP contribution in [0.4, 0.5) is 0 Å². The van der Waals surface area contributed by atoms with Crippen molar-refractivity contribution in [3.8, 4) is 0 Å². The molecule has 1 heterocycles. The third-order valence-electron chi connectivity index (χ3n) is 1.13. The summed E-state index contributed by atoms with van der Waals surface area (Å²) in [6.45, 7) is 4.38. The van der Waals surface area contributed by atoms with Gasteiger partial charge < -0.3 is 20.6 Å². The summed E-state index contributed by atoms with van der Waals surface area (Å²) < 4.78 is 0. The molecule has 50 valence electrons. The van der Waals surface area contributed by atoms with Gasteiger partial charge in [-0.05, 0) is 0 Å². The largest absolute Gasteiger partial charge is 0.379 e. The normalized spacial score (nSPS) is 17.4. The van der Waals surface area contributed by atoms with Crippen molar-refractivity contribution in [1.29, 1.82) is 0 Å². The summed E-state index contributed by atoms with van der Waals surface area (Å²) in [7, 11) is 3.63. The molecule has 4 nitrogen and oxygen atoms in total. The molecule has 7 heteroatoms. The van der Waals surface area contributed by atoms with Crippen LogP contribution in [0.25, 0.3) is 0 Å². The van der Waals surface area contributed by atoms with E-state index < -0.39 is 0 Å². The van der Waals surface area contributed by atoms with E-state index in [0.717, 1.165) is 6.54 Å². The van der Waals surface area contributed by atoms with Crippen molar-refractivity contribution < 1.29 is 0 Å². The summed E-state index contributed by atoms with van der Waals surface area (Å²) in [6, 6.07) is 0. The van der Waals surface area contributed by atoms with Gasteiger partial charge in [-0.15, -0.1) is 6.58 Å². The fourth-order valence-corrected chi connectivity index (χ4v) is 0.672. The highest BCUT2D eigenvalue weighted by atomic mass is 15.1. The Morgan fingerprint density at radius 1 is 1.50 bits per heavy atom. The highest BCUT2D eigenvalue weighted by molar-refractivity contribution is 6.73. The van der Waals surface area contributed by atoms with Crippen molar-refractivity contribution in [3.63, 3.8) is 0 Å². The van der Waals surface area contributed by atoms with E-state index in [4.69, 9.17) is 0 Å². The average molecular weight is 134 g/mol. The minimum atomic E-state index is 0.110. The molecule has 10 heavy (non-hydrogen) atoms. The molecule has 1 fully saturated rings. The summed E-state index contributed by atoms with van der Waals surface area (Å²) in [5, 5.41) is 12.0. The van der Waals surface area contributed by atoms with Gasteiger partial charge in [-0.2, -0.15) is 0 Å². The fraction of sp³-hybridized carbons (Fsp3) is 0.333. The molecule has 1 rings (SSSR count). The van der Waals surface area contributed by atoms with E-state index in [1.807, 2.05) is 6.08 Å². The lowest BCUT2D eigenvalue weighted by molar-refractivity contribution is 1.000. The van der Waals surface area contributed by atoms with Gasteiger partial charge in [0.15, 0.2) is 0 Å². The molecule has 0 aromatic heterocycles. The van der Waals surface area contributed by atoms with E-state index in [9.17, 15) is 0 Å². The lowest BCUT2D eigenvalue weighted by Gasteiger charge is -2.20. The van der Waals surface area contributed by atoms with Gasteiger partial charge in [-0.1, -0.05) is 6.08 Å². The predicted molar refractivity (Wildman–Crippen MR) is 44.9 cm³/mol. The lowest BCUT2D eigenvalue weighted by Crippen LogP contribution is -2.69. The first-order valence-corrected chi connectivity index (χ1v) is 3.19. The Morgan fingerprint density at radius 2 is 2.20 bits per heavy atom. The minimum Gasteiger partial charge on any atom is -0.379 e. The molecule has 1 saturated heterocycles. The minimum absolute atomic E-state index is 0.110. The Morgan fingerprint density at radius 3 is 2.80 bits per heavy atom. The van der Waals surface area contributed by atoms with Gasteiger partial charge in [0.05, 0.1) is 0 Å².